The molecule has 2 aromatic carbocycles. The number of fused-ring (bicyclic) bond motifs is 2. The Kier molecular flexibility index (Phi) is 5.52. The van der Waals surface area contributed by atoms with Crippen molar-refractivity contribution in [1.29, 1.82) is 0 Å². The summed E-state index contributed by atoms with van der Waals surface area (Å²) >= 11 is 3.54. The number of nitrogens with zero attached hydrogens (tertiary/aromatic N) is 2. The van der Waals surface area contributed by atoms with Crippen LogP contribution in [-0.2, 0) is 4.74 Å². The number of amides is 1. The zero-order chi connectivity index (χ0) is 22.5. The Morgan fingerprint density at radius 1 is 1.12 bits per heavy atom. The van der Waals surface area contributed by atoms with Crippen LogP contribution >= 0.6 is 15.9 Å². The molecule has 5 rings (SSSR count). The number of aromatic amines is 1. The lowest BCUT2D eigenvalue weighted by Gasteiger charge is -2.34. The molecule has 168 valence electrons. The minimum Gasteiger partial charge on any atom is -0.444 e. The Hall–Kier alpha value is -2.34. The zero-order valence-electron chi connectivity index (χ0n) is 18.9. The average Bonchev–Trinajstić information content (AvgIpc) is 3.37. The van der Waals surface area contributed by atoms with Crippen LogP contribution in [0.15, 0.2) is 47.1 Å². The molecule has 32 heavy (non-hydrogen) atoms. The largest absolute Gasteiger partial charge is 0.444 e. The quantitative estimate of drug-likeness (QED) is 0.407. The minimum atomic E-state index is -0.511. The summed E-state index contributed by atoms with van der Waals surface area (Å²) in [4.78, 5) is 23.5. The number of hydrogen-bond acceptors (Lipinski definition) is 3. The molecule has 6 heteroatoms. The predicted octanol–water partition coefficient (Wildman–Crippen LogP) is 7.23. The fourth-order valence-corrected chi connectivity index (χ4v) is 5.70. The van der Waals surface area contributed by atoms with Crippen LogP contribution in [0.25, 0.3) is 22.0 Å². The van der Waals surface area contributed by atoms with Gasteiger partial charge < -0.3 is 9.72 Å². The molecule has 3 aromatic rings. The first-order chi connectivity index (χ1) is 15.3. The topological polar surface area (TPSA) is 58.2 Å². The average molecular weight is 496 g/mol. The summed E-state index contributed by atoms with van der Waals surface area (Å²) in [6.07, 6.45) is 7.26. The van der Waals surface area contributed by atoms with Crippen LogP contribution in [0.3, 0.4) is 0 Å². The summed E-state index contributed by atoms with van der Waals surface area (Å²) in [6.45, 7) is 5.78. The second kappa shape index (κ2) is 8.22. The van der Waals surface area contributed by atoms with Crippen molar-refractivity contribution in [3.63, 3.8) is 0 Å². The predicted molar refractivity (Wildman–Crippen MR) is 130 cm³/mol. The van der Waals surface area contributed by atoms with Crippen LogP contribution in [0.5, 0.6) is 0 Å². The molecule has 2 aliphatic rings. The lowest BCUT2D eigenvalue weighted by Crippen LogP contribution is -2.43. The first-order valence-corrected chi connectivity index (χ1v) is 12.3. The Morgan fingerprint density at radius 3 is 2.69 bits per heavy atom. The van der Waals surface area contributed by atoms with Gasteiger partial charge in [-0.2, -0.15) is 0 Å². The maximum absolute atomic E-state index is 13.2. The molecule has 1 aromatic heterocycles. The first-order valence-electron chi connectivity index (χ1n) is 11.5. The third-order valence-electron chi connectivity index (χ3n) is 6.72. The molecule has 1 aliphatic heterocycles. The van der Waals surface area contributed by atoms with Crippen molar-refractivity contribution < 1.29 is 9.53 Å². The summed E-state index contributed by atoms with van der Waals surface area (Å²) in [5.41, 5.74) is 1.56. The molecule has 2 heterocycles. The van der Waals surface area contributed by atoms with Crippen LogP contribution in [0, 0.1) is 5.92 Å². The van der Waals surface area contributed by atoms with E-state index in [9.17, 15) is 4.79 Å². The van der Waals surface area contributed by atoms with Gasteiger partial charge in [-0.3, -0.25) is 4.90 Å². The maximum atomic E-state index is 13.2. The van der Waals surface area contributed by atoms with Crippen LogP contribution in [-0.4, -0.2) is 32.6 Å². The Morgan fingerprint density at radius 2 is 1.88 bits per heavy atom. The SMILES string of the molecule is CC(C)(C)OC(=O)N1[C@H](c2ncc(-c3ccc4cc(Br)ccc4c3)[nH]2)C[C@@H]2CCCC[C@@H]21. The fraction of sp³-hybridized carbons (Fsp3) is 0.462. The summed E-state index contributed by atoms with van der Waals surface area (Å²) < 4.78 is 6.89. The maximum Gasteiger partial charge on any atom is 0.411 e. The number of H-pyrrole nitrogens is 1. The molecular weight excluding hydrogens is 466 g/mol. The first kappa shape index (κ1) is 21.5. The third-order valence-corrected chi connectivity index (χ3v) is 7.21. The Labute approximate surface area is 197 Å². The highest BCUT2D eigenvalue weighted by Crippen LogP contribution is 2.46. The molecule has 1 saturated heterocycles. The van der Waals surface area contributed by atoms with Crippen molar-refractivity contribution in [3.8, 4) is 11.3 Å². The highest BCUT2D eigenvalue weighted by atomic mass is 79.9. The van der Waals surface area contributed by atoms with E-state index in [1.165, 1.54) is 30.0 Å². The van der Waals surface area contributed by atoms with Crippen molar-refractivity contribution in [3.05, 3.63) is 52.9 Å². The molecule has 1 aliphatic carbocycles. The van der Waals surface area contributed by atoms with Gasteiger partial charge in [0.15, 0.2) is 0 Å². The van der Waals surface area contributed by atoms with Crippen LogP contribution in [0.4, 0.5) is 4.79 Å². The van der Waals surface area contributed by atoms with Crippen molar-refractivity contribution >= 4 is 32.8 Å². The second-order valence-electron chi connectivity index (χ2n) is 10.1. The second-order valence-corrected chi connectivity index (χ2v) is 11.1. The van der Waals surface area contributed by atoms with E-state index in [2.05, 4.69) is 57.3 Å². The van der Waals surface area contributed by atoms with Crippen molar-refractivity contribution in [1.82, 2.24) is 14.9 Å². The Balaban J connectivity index is 1.46. The van der Waals surface area contributed by atoms with Gasteiger partial charge in [0, 0.05) is 16.1 Å². The van der Waals surface area contributed by atoms with Crippen molar-refractivity contribution in [2.45, 2.75) is 70.6 Å². The number of nitrogens with one attached hydrogen (secondary N) is 1. The van der Waals surface area contributed by atoms with E-state index in [-0.39, 0.29) is 18.2 Å². The molecule has 3 atom stereocenters. The monoisotopic (exact) mass is 495 g/mol. The number of carbonyl (C=O) groups excluding carboxylic acids is 1. The number of aromatic nitrogens is 2. The molecule has 0 radical (unpaired) electrons. The van der Waals surface area contributed by atoms with E-state index >= 15 is 0 Å². The lowest BCUT2D eigenvalue weighted by molar-refractivity contribution is 0.00951. The van der Waals surface area contributed by atoms with Gasteiger partial charge in [-0.05, 0) is 74.9 Å². The number of likely N-dealkylation sites (tertiary alicyclic amines) is 1. The normalized spacial score (nSPS) is 23.4. The van der Waals surface area contributed by atoms with Gasteiger partial charge in [0.05, 0.1) is 17.9 Å². The van der Waals surface area contributed by atoms with E-state index in [1.54, 1.807) is 0 Å². The highest BCUT2D eigenvalue weighted by Gasteiger charge is 2.47. The van der Waals surface area contributed by atoms with E-state index < -0.39 is 5.60 Å². The molecule has 1 N–H and O–H groups in total. The lowest BCUT2D eigenvalue weighted by atomic mass is 9.85. The number of hydrogen-bond donors (Lipinski definition) is 1. The number of carbonyl (C=O) groups is 1. The van der Waals surface area contributed by atoms with Crippen LogP contribution in [0.1, 0.15) is 64.7 Å². The number of imidazole rings is 1. The molecule has 0 bridgehead atoms. The molecule has 5 nitrogen and oxygen atoms in total. The van der Waals surface area contributed by atoms with Gasteiger partial charge in [-0.25, -0.2) is 9.78 Å². The summed E-state index contributed by atoms with van der Waals surface area (Å²) in [7, 11) is 0. The number of rotatable bonds is 2. The van der Waals surface area contributed by atoms with E-state index in [0.29, 0.717) is 5.92 Å². The molecule has 1 saturated carbocycles. The molecular formula is C26H30BrN3O2. The number of ether oxygens (including phenoxy) is 1. The van der Waals surface area contributed by atoms with Crippen molar-refractivity contribution in [2.75, 3.05) is 0 Å². The third kappa shape index (κ3) is 4.17. The van der Waals surface area contributed by atoms with Gasteiger partial charge in [0.1, 0.15) is 11.4 Å². The van der Waals surface area contributed by atoms with Gasteiger partial charge in [-0.15, -0.1) is 0 Å². The van der Waals surface area contributed by atoms with Crippen molar-refractivity contribution in [2.24, 2.45) is 5.92 Å². The molecule has 0 unspecified atom stereocenters. The van der Waals surface area contributed by atoms with E-state index in [0.717, 1.165) is 34.4 Å². The van der Waals surface area contributed by atoms with Crippen LogP contribution in [0.2, 0.25) is 0 Å². The molecule has 2 fully saturated rings. The summed E-state index contributed by atoms with van der Waals surface area (Å²) in [5.74, 6) is 1.38. The number of benzene rings is 2. The highest BCUT2D eigenvalue weighted by molar-refractivity contribution is 9.10. The van der Waals surface area contributed by atoms with Gasteiger partial charge in [0.2, 0.25) is 0 Å². The van der Waals surface area contributed by atoms with E-state index in [4.69, 9.17) is 9.72 Å². The molecule has 0 spiro atoms. The summed E-state index contributed by atoms with van der Waals surface area (Å²) in [5, 5.41) is 2.38. The van der Waals surface area contributed by atoms with Crippen LogP contribution < -0.4 is 0 Å². The fourth-order valence-electron chi connectivity index (χ4n) is 5.32. The number of halogens is 1. The standard InChI is InChI=1S/C26H30BrN3O2/c1-26(2,3)32-25(31)30-22-7-5-4-6-19(22)14-23(30)24-28-15-21(29-24)18-9-8-17-13-20(27)11-10-16(17)12-18/h8-13,15,19,22-23H,4-7,14H2,1-3H3,(H,28,29)/t19-,22-,23-/m0/s1. The van der Waals surface area contributed by atoms with E-state index in [1.807, 2.05) is 31.9 Å². The Bertz CT molecular complexity index is 1150. The molecule has 1 amide bonds. The smallest absolute Gasteiger partial charge is 0.411 e. The van der Waals surface area contributed by atoms with Gasteiger partial charge >= 0.3 is 6.09 Å². The minimum absolute atomic E-state index is 0.0666. The van der Waals surface area contributed by atoms with Gasteiger partial charge in [-0.1, -0.05) is 47.0 Å². The van der Waals surface area contributed by atoms with Gasteiger partial charge in [0.25, 0.3) is 0 Å². The summed E-state index contributed by atoms with van der Waals surface area (Å²) in [6, 6.07) is 12.9. The zero-order valence-corrected chi connectivity index (χ0v) is 20.5.